The number of hydrogen-bond acceptors (Lipinski definition) is 5. The molecule has 0 radical (unpaired) electrons. The summed E-state index contributed by atoms with van der Waals surface area (Å²) < 4.78 is 5.20. The molecule has 0 saturated carbocycles. The average Bonchev–Trinajstić information content (AvgIpc) is 2.46. The first kappa shape index (κ1) is 14.2. The minimum absolute atomic E-state index is 0.292. The zero-order chi connectivity index (χ0) is 14.4. The Bertz CT molecular complexity index is 524. The van der Waals surface area contributed by atoms with E-state index < -0.39 is 5.97 Å². The number of amides is 1. The van der Waals surface area contributed by atoms with Gasteiger partial charge in [0.1, 0.15) is 0 Å². The largest absolute Gasteiger partial charge is 0.478 e. The number of morpholine rings is 1. The van der Waals surface area contributed by atoms with Gasteiger partial charge in [-0.15, -0.1) is 0 Å². The van der Waals surface area contributed by atoms with E-state index in [9.17, 15) is 9.59 Å². The fourth-order valence-electron chi connectivity index (χ4n) is 1.79. The lowest BCUT2D eigenvalue weighted by molar-refractivity contribution is -0.131. The van der Waals surface area contributed by atoms with Crippen molar-refractivity contribution in [3.05, 3.63) is 35.7 Å². The normalized spacial score (nSPS) is 16.2. The van der Waals surface area contributed by atoms with Crippen molar-refractivity contribution in [2.75, 3.05) is 26.3 Å². The Morgan fingerprint density at radius 1 is 1.40 bits per heavy atom. The number of hydrogen-bond donors (Lipinski definition) is 2. The summed E-state index contributed by atoms with van der Waals surface area (Å²) in [5, 5.41) is 10.4. The number of nitrogens with zero attached hydrogens (tertiary/aromatic N) is 2. The van der Waals surface area contributed by atoms with Crippen molar-refractivity contribution in [1.82, 2.24) is 15.4 Å². The van der Waals surface area contributed by atoms with Crippen molar-refractivity contribution >= 4 is 18.0 Å². The number of rotatable bonds is 4. The molecule has 1 aliphatic rings. The van der Waals surface area contributed by atoms with Gasteiger partial charge in [0.25, 0.3) is 5.91 Å². The van der Waals surface area contributed by atoms with E-state index in [0.717, 1.165) is 6.08 Å². The fraction of sp³-hybridized carbons (Fsp3) is 0.308. The van der Waals surface area contributed by atoms with Gasteiger partial charge in [-0.1, -0.05) is 0 Å². The second-order valence-electron chi connectivity index (χ2n) is 4.17. The highest BCUT2D eigenvalue weighted by atomic mass is 16.5. The topological polar surface area (TPSA) is 91.8 Å². The number of carbonyl (C=O) groups excluding carboxylic acids is 1. The molecule has 1 aromatic rings. The quantitative estimate of drug-likeness (QED) is 0.762. The first-order valence-corrected chi connectivity index (χ1v) is 6.15. The van der Waals surface area contributed by atoms with Crippen LogP contribution in [-0.4, -0.2) is 53.3 Å². The number of hydrazine groups is 1. The molecular weight excluding hydrogens is 262 g/mol. The molecule has 1 amide bonds. The molecule has 106 valence electrons. The first-order chi connectivity index (χ1) is 9.66. The third kappa shape index (κ3) is 3.87. The summed E-state index contributed by atoms with van der Waals surface area (Å²) >= 11 is 0. The molecule has 0 spiro atoms. The third-order valence-corrected chi connectivity index (χ3v) is 2.77. The van der Waals surface area contributed by atoms with Crippen LogP contribution in [0.1, 0.15) is 15.9 Å². The van der Waals surface area contributed by atoms with E-state index in [-0.39, 0.29) is 5.91 Å². The second-order valence-corrected chi connectivity index (χ2v) is 4.17. The van der Waals surface area contributed by atoms with Crippen LogP contribution >= 0.6 is 0 Å². The van der Waals surface area contributed by atoms with Crippen LogP contribution in [0.3, 0.4) is 0 Å². The van der Waals surface area contributed by atoms with Crippen molar-refractivity contribution in [1.29, 1.82) is 0 Å². The van der Waals surface area contributed by atoms with Crippen molar-refractivity contribution in [2.24, 2.45) is 0 Å². The van der Waals surface area contributed by atoms with Crippen LogP contribution in [0.25, 0.3) is 6.08 Å². The van der Waals surface area contributed by atoms with E-state index in [2.05, 4.69) is 10.4 Å². The van der Waals surface area contributed by atoms with E-state index in [4.69, 9.17) is 9.84 Å². The van der Waals surface area contributed by atoms with Gasteiger partial charge in [-0.05, 0) is 12.1 Å². The molecule has 2 heterocycles. The fourth-order valence-corrected chi connectivity index (χ4v) is 1.79. The van der Waals surface area contributed by atoms with Crippen molar-refractivity contribution in [2.45, 2.75) is 0 Å². The number of aromatic nitrogens is 1. The van der Waals surface area contributed by atoms with Gasteiger partial charge >= 0.3 is 5.97 Å². The minimum Gasteiger partial charge on any atom is -0.478 e. The number of ether oxygens (including phenoxy) is 1. The molecule has 7 nitrogen and oxygen atoms in total. The molecular formula is C13H15N3O4. The van der Waals surface area contributed by atoms with Crippen molar-refractivity contribution in [3.63, 3.8) is 0 Å². The lowest BCUT2D eigenvalue weighted by Crippen LogP contribution is -2.48. The summed E-state index contributed by atoms with van der Waals surface area (Å²) in [6, 6.07) is 1.55. The van der Waals surface area contributed by atoms with Crippen LogP contribution in [0, 0.1) is 0 Å². The number of carboxylic acid groups (broad SMARTS) is 1. The van der Waals surface area contributed by atoms with Gasteiger partial charge in [-0.25, -0.2) is 9.80 Å². The maximum Gasteiger partial charge on any atom is 0.328 e. The maximum atomic E-state index is 12.2. The molecule has 0 atom stereocenters. The Hall–Kier alpha value is -2.25. The first-order valence-electron chi connectivity index (χ1n) is 6.15. The average molecular weight is 277 g/mol. The summed E-state index contributed by atoms with van der Waals surface area (Å²) in [5.41, 5.74) is 3.61. The van der Waals surface area contributed by atoms with E-state index >= 15 is 0 Å². The van der Waals surface area contributed by atoms with E-state index in [0.29, 0.717) is 37.4 Å². The van der Waals surface area contributed by atoms with Crippen LogP contribution in [0.5, 0.6) is 0 Å². The molecule has 0 unspecified atom stereocenters. The molecule has 1 saturated heterocycles. The Morgan fingerprint density at radius 3 is 2.85 bits per heavy atom. The summed E-state index contributed by atoms with van der Waals surface area (Å²) in [6.07, 6.45) is 5.27. The second kappa shape index (κ2) is 6.78. The van der Waals surface area contributed by atoms with Crippen LogP contribution < -0.4 is 5.43 Å². The number of pyridine rings is 1. The van der Waals surface area contributed by atoms with Gasteiger partial charge in [0.05, 0.1) is 18.8 Å². The van der Waals surface area contributed by atoms with E-state index in [1.165, 1.54) is 18.5 Å². The highest BCUT2D eigenvalue weighted by molar-refractivity contribution is 5.98. The van der Waals surface area contributed by atoms with Gasteiger partial charge in [-0.2, -0.15) is 0 Å². The van der Waals surface area contributed by atoms with Crippen molar-refractivity contribution in [3.8, 4) is 0 Å². The molecule has 0 bridgehead atoms. The highest BCUT2D eigenvalue weighted by Crippen LogP contribution is 2.09. The molecule has 0 aliphatic carbocycles. The minimum atomic E-state index is -1.08. The molecule has 2 rings (SSSR count). The number of aliphatic carboxylic acids is 1. The van der Waals surface area contributed by atoms with Gasteiger partial charge < -0.3 is 9.84 Å². The Labute approximate surface area is 115 Å². The number of nitrogens with one attached hydrogen (secondary N) is 1. The SMILES string of the molecule is O=C(O)/C=C/c1cnccc1C(=O)NN1CCOCC1. The lowest BCUT2D eigenvalue weighted by atomic mass is 10.1. The summed E-state index contributed by atoms with van der Waals surface area (Å²) in [5.74, 6) is -1.37. The van der Waals surface area contributed by atoms with E-state index in [1.807, 2.05) is 0 Å². The summed E-state index contributed by atoms with van der Waals surface area (Å²) in [4.78, 5) is 26.6. The van der Waals surface area contributed by atoms with Gasteiger partial charge in [-0.3, -0.25) is 15.2 Å². The predicted octanol–water partition coefficient (Wildman–Crippen LogP) is 0.156. The monoisotopic (exact) mass is 277 g/mol. The molecule has 1 fully saturated rings. The van der Waals surface area contributed by atoms with Gasteiger partial charge in [0, 0.05) is 37.1 Å². The van der Waals surface area contributed by atoms with Crippen LogP contribution in [0.2, 0.25) is 0 Å². The van der Waals surface area contributed by atoms with Crippen LogP contribution in [-0.2, 0) is 9.53 Å². The number of carboxylic acids is 1. The molecule has 20 heavy (non-hydrogen) atoms. The molecule has 7 heteroatoms. The third-order valence-electron chi connectivity index (χ3n) is 2.77. The van der Waals surface area contributed by atoms with E-state index in [1.54, 1.807) is 11.1 Å². The summed E-state index contributed by atoms with van der Waals surface area (Å²) in [7, 11) is 0. The standard InChI is InChI=1S/C13H15N3O4/c17-12(18)2-1-10-9-14-4-3-11(10)13(19)15-16-5-7-20-8-6-16/h1-4,9H,5-8H2,(H,15,19)(H,17,18)/b2-1+. The molecule has 2 N–H and O–H groups in total. The number of carbonyl (C=O) groups is 2. The van der Waals surface area contributed by atoms with Crippen LogP contribution in [0.15, 0.2) is 24.5 Å². The van der Waals surface area contributed by atoms with Crippen LogP contribution in [0.4, 0.5) is 0 Å². The Morgan fingerprint density at radius 2 is 2.15 bits per heavy atom. The Kier molecular flexibility index (Phi) is 4.80. The molecule has 1 aliphatic heterocycles. The molecule has 1 aromatic heterocycles. The molecule has 0 aromatic carbocycles. The highest BCUT2D eigenvalue weighted by Gasteiger charge is 2.16. The van der Waals surface area contributed by atoms with Crippen molar-refractivity contribution < 1.29 is 19.4 Å². The lowest BCUT2D eigenvalue weighted by Gasteiger charge is -2.27. The predicted molar refractivity (Wildman–Crippen MR) is 70.8 cm³/mol. The zero-order valence-electron chi connectivity index (χ0n) is 10.8. The zero-order valence-corrected chi connectivity index (χ0v) is 10.8. The maximum absolute atomic E-state index is 12.2. The van der Waals surface area contributed by atoms with Gasteiger partial charge in [0.2, 0.25) is 0 Å². The smallest absolute Gasteiger partial charge is 0.328 e. The Balaban J connectivity index is 2.10. The van der Waals surface area contributed by atoms with Gasteiger partial charge in [0.15, 0.2) is 0 Å². The summed E-state index contributed by atoms with van der Waals surface area (Å²) in [6.45, 7) is 2.39.